The second-order valence-electron chi connectivity index (χ2n) is 6.79. The molecule has 0 bridgehead atoms. The first kappa shape index (κ1) is 17.1. The first-order chi connectivity index (χ1) is 10.8. The van der Waals surface area contributed by atoms with Crippen molar-refractivity contribution >= 4 is 12.4 Å². The summed E-state index contributed by atoms with van der Waals surface area (Å²) in [6, 6.07) is 4.54. The van der Waals surface area contributed by atoms with Crippen LogP contribution in [-0.2, 0) is 4.74 Å². The van der Waals surface area contributed by atoms with Crippen molar-refractivity contribution < 1.29 is 24.2 Å². The fourth-order valence-corrected chi connectivity index (χ4v) is 2.22. The maximum atomic E-state index is 11.6. The lowest BCUT2D eigenvalue weighted by Crippen LogP contribution is -2.33. The van der Waals surface area contributed by atoms with E-state index in [9.17, 15) is 14.7 Å². The smallest absolute Gasteiger partial charge is 0.407 e. The number of alkyl carbamates (subject to hydrolysis) is 1. The SMILES string of the molecule is CC(C)(C)OC(=O)NC[C@@H]1C[C@H]1COc1ccc(C=O)cc1O. The van der Waals surface area contributed by atoms with Crippen molar-refractivity contribution in [2.45, 2.75) is 32.8 Å². The molecular weight excluding hydrogens is 298 g/mol. The zero-order valence-electron chi connectivity index (χ0n) is 13.7. The van der Waals surface area contributed by atoms with E-state index in [0.29, 0.717) is 42.6 Å². The van der Waals surface area contributed by atoms with E-state index < -0.39 is 11.7 Å². The number of ether oxygens (including phenoxy) is 2. The summed E-state index contributed by atoms with van der Waals surface area (Å²) in [6.07, 6.45) is 1.22. The molecular formula is C17H23NO5. The average molecular weight is 321 g/mol. The summed E-state index contributed by atoms with van der Waals surface area (Å²) in [6.45, 7) is 6.49. The molecule has 0 aromatic heterocycles. The molecule has 0 spiro atoms. The van der Waals surface area contributed by atoms with Gasteiger partial charge in [0, 0.05) is 12.1 Å². The third kappa shape index (κ3) is 5.47. The number of hydrogen-bond donors (Lipinski definition) is 2. The highest BCUT2D eigenvalue weighted by Crippen LogP contribution is 2.39. The molecule has 1 amide bonds. The zero-order valence-corrected chi connectivity index (χ0v) is 13.7. The molecule has 0 heterocycles. The van der Waals surface area contributed by atoms with E-state index in [1.165, 1.54) is 6.07 Å². The summed E-state index contributed by atoms with van der Waals surface area (Å²) in [5, 5.41) is 12.5. The van der Waals surface area contributed by atoms with Crippen LogP contribution >= 0.6 is 0 Å². The fraction of sp³-hybridized carbons (Fsp3) is 0.529. The normalized spacial score (nSPS) is 19.8. The largest absolute Gasteiger partial charge is 0.504 e. The van der Waals surface area contributed by atoms with Gasteiger partial charge in [0.1, 0.15) is 11.9 Å². The van der Waals surface area contributed by atoms with Gasteiger partial charge in [0.2, 0.25) is 0 Å². The van der Waals surface area contributed by atoms with Crippen molar-refractivity contribution in [3.05, 3.63) is 23.8 Å². The molecule has 2 rings (SSSR count). The van der Waals surface area contributed by atoms with Crippen LogP contribution in [0.2, 0.25) is 0 Å². The molecule has 6 nitrogen and oxygen atoms in total. The summed E-state index contributed by atoms with van der Waals surface area (Å²) < 4.78 is 10.7. The van der Waals surface area contributed by atoms with Gasteiger partial charge in [-0.1, -0.05) is 0 Å². The second kappa shape index (κ2) is 6.89. The molecule has 1 fully saturated rings. The van der Waals surface area contributed by atoms with Gasteiger partial charge in [-0.05, 0) is 57.2 Å². The molecule has 2 N–H and O–H groups in total. The predicted molar refractivity (Wildman–Crippen MR) is 84.8 cm³/mol. The van der Waals surface area contributed by atoms with Crippen LogP contribution in [0.3, 0.4) is 0 Å². The van der Waals surface area contributed by atoms with Crippen LogP contribution in [0.4, 0.5) is 4.79 Å². The van der Waals surface area contributed by atoms with E-state index in [0.717, 1.165) is 6.42 Å². The molecule has 1 aliphatic carbocycles. The van der Waals surface area contributed by atoms with Gasteiger partial charge >= 0.3 is 6.09 Å². The molecule has 0 unspecified atom stereocenters. The maximum absolute atomic E-state index is 11.6. The highest BCUT2D eigenvalue weighted by atomic mass is 16.6. The fourth-order valence-electron chi connectivity index (χ4n) is 2.22. The summed E-state index contributed by atoms with van der Waals surface area (Å²) >= 11 is 0. The third-order valence-corrected chi connectivity index (χ3v) is 3.55. The monoisotopic (exact) mass is 321 g/mol. The van der Waals surface area contributed by atoms with E-state index in [4.69, 9.17) is 9.47 Å². The van der Waals surface area contributed by atoms with Crippen molar-refractivity contribution in [3.63, 3.8) is 0 Å². The Bertz CT molecular complexity index is 579. The average Bonchev–Trinajstić information content (AvgIpc) is 3.20. The Kier molecular flexibility index (Phi) is 5.13. The number of phenols is 1. The number of amides is 1. The van der Waals surface area contributed by atoms with Gasteiger partial charge in [0.05, 0.1) is 6.61 Å². The van der Waals surface area contributed by atoms with Crippen molar-refractivity contribution in [2.24, 2.45) is 11.8 Å². The topological polar surface area (TPSA) is 84.9 Å². The molecule has 1 aliphatic rings. The highest BCUT2D eigenvalue weighted by molar-refractivity contribution is 5.76. The van der Waals surface area contributed by atoms with Crippen LogP contribution < -0.4 is 10.1 Å². The Morgan fingerprint density at radius 2 is 2.13 bits per heavy atom. The maximum Gasteiger partial charge on any atom is 0.407 e. The van der Waals surface area contributed by atoms with Gasteiger partial charge in [-0.15, -0.1) is 0 Å². The number of aromatic hydroxyl groups is 1. The van der Waals surface area contributed by atoms with Crippen molar-refractivity contribution in [2.75, 3.05) is 13.2 Å². The third-order valence-electron chi connectivity index (χ3n) is 3.55. The van der Waals surface area contributed by atoms with Gasteiger partial charge in [0.15, 0.2) is 11.5 Å². The second-order valence-corrected chi connectivity index (χ2v) is 6.79. The van der Waals surface area contributed by atoms with E-state index in [1.54, 1.807) is 12.1 Å². The molecule has 126 valence electrons. The van der Waals surface area contributed by atoms with Crippen LogP contribution in [0.15, 0.2) is 18.2 Å². The predicted octanol–water partition coefficient (Wildman–Crippen LogP) is 2.74. The zero-order chi connectivity index (χ0) is 17.0. The lowest BCUT2D eigenvalue weighted by molar-refractivity contribution is 0.0524. The molecule has 0 radical (unpaired) electrons. The Morgan fingerprint density at radius 3 is 2.74 bits per heavy atom. The number of rotatable bonds is 6. The van der Waals surface area contributed by atoms with Gasteiger partial charge < -0.3 is 19.9 Å². The van der Waals surface area contributed by atoms with Gasteiger partial charge in [0.25, 0.3) is 0 Å². The van der Waals surface area contributed by atoms with Crippen molar-refractivity contribution in [1.29, 1.82) is 0 Å². The number of aldehydes is 1. The lowest BCUT2D eigenvalue weighted by atomic mass is 10.2. The first-order valence-electron chi connectivity index (χ1n) is 7.66. The minimum atomic E-state index is -0.499. The van der Waals surface area contributed by atoms with E-state index >= 15 is 0 Å². The molecule has 1 aromatic carbocycles. The van der Waals surface area contributed by atoms with Crippen LogP contribution in [-0.4, -0.2) is 36.2 Å². The summed E-state index contributed by atoms with van der Waals surface area (Å²) in [5.74, 6) is 1.02. The van der Waals surface area contributed by atoms with Crippen LogP contribution in [0.5, 0.6) is 11.5 Å². The molecule has 1 saturated carbocycles. The molecule has 23 heavy (non-hydrogen) atoms. The van der Waals surface area contributed by atoms with Crippen LogP contribution in [0, 0.1) is 11.8 Å². The van der Waals surface area contributed by atoms with E-state index in [1.807, 2.05) is 20.8 Å². The van der Waals surface area contributed by atoms with E-state index in [-0.39, 0.29) is 5.75 Å². The molecule has 6 heteroatoms. The van der Waals surface area contributed by atoms with Crippen molar-refractivity contribution in [3.8, 4) is 11.5 Å². The standard InChI is InChI=1S/C17H23NO5/c1-17(2,3)23-16(21)18-8-12-7-13(12)10-22-15-5-4-11(9-19)6-14(15)20/h4-6,9,12-13,20H,7-8,10H2,1-3H3,(H,18,21)/t12-,13-/m0/s1. The van der Waals surface area contributed by atoms with Gasteiger partial charge in [-0.2, -0.15) is 0 Å². The van der Waals surface area contributed by atoms with Crippen LogP contribution in [0.25, 0.3) is 0 Å². The Morgan fingerprint density at radius 1 is 1.39 bits per heavy atom. The Balaban J connectivity index is 1.69. The summed E-state index contributed by atoms with van der Waals surface area (Å²) in [7, 11) is 0. The quantitative estimate of drug-likeness (QED) is 0.787. The number of phenolic OH excluding ortho intramolecular Hbond substituents is 1. The molecule has 0 saturated heterocycles. The summed E-state index contributed by atoms with van der Waals surface area (Å²) in [4.78, 5) is 22.2. The first-order valence-corrected chi connectivity index (χ1v) is 7.66. The molecule has 0 aliphatic heterocycles. The van der Waals surface area contributed by atoms with Gasteiger partial charge in [-0.25, -0.2) is 4.79 Å². The van der Waals surface area contributed by atoms with Crippen molar-refractivity contribution in [1.82, 2.24) is 5.32 Å². The Hall–Kier alpha value is -2.24. The summed E-state index contributed by atoms with van der Waals surface area (Å²) in [5.41, 5.74) is -0.0952. The number of hydrogen-bond acceptors (Lipinski definition) is 5. The van der Waals surface area contributed by atoms with Crippen LogP contribution in [0.1, 0.15) is 37.6 Å². The number of benzene rings is 1. The lowest BCUT2D eigenvalue weighted by Gasteiger charge is -2.19. The highest BCUT2D eigenvalue weighted by Gasteiger charge is 2.38. The van der Waals surface area contributed by atoms with Gasteiger partial charge in [-0.3, -0.25) is 4.79 Å². The van der Waals surface area contributed by atoms with E-state index in [2.05, 4.69) is 5.32 Å². The number of carbonyl (C=O) groups is 2. The molecule has 1 aromatic rings. The number of carbonyl (C=O) groups excluding carboxylic acids is 2. The minimum absolute atomic E-state index is 0.0429. The molecule has 2 atom stereocenters. The number of nitrogens with one attached hydrogen (secondary N) is 1. The Labute approximate surface area is 135 Å². The minimum Gasteiger partial charge on any atom is -0.504 e.